The van der Waals surface area contributed by atoms with Gasteiger partial charge in [0.2, 0.25) is 10.0 Å². The van der Waals surface area contributed by atoms with Crippen LogP contribution in [0.2, 0.25) is 0 Å². The summed E-state index contributed by atoms with van der Waals surface area (Å²) in [6.07, 6.45) is 5.56. The lowest BCUT2D eigenvalue weighted by Gasteiger charge is -2.24. The van der Waals surface area contributed by atoms with Gasteiger partial charge in [-0.05, 0) is 44.8 Å². The van der Waals surface area contributed by atoms with Crippen molar-refractivity contribution in [2.75, 3.05) is 44.8 Å². The molecule has 2 fully saturated rings. The van der Waals surface area contributed by atoms with Gasteiger partial charge in [0.1, 0.15) is 0 Å². The maximum absolute atomic E-state index is 12.1. The van der Waals surface area contributed by atoms with E-state index in [-0.39, 0.29) is 40.6 Å². The van der Waals surface area contributed by atoms with Crippen molar-refractivity contribution in [2.24, 2.45) is 4.99 Å². The molecule has 2 saturated heterocycles. The van der Waals surface area contributed by atoms with Crippen LogP contribution >= 0.6 is 35.7 Å². The van der Waals surface area contributed by atoms with E-state index in [4.69, 9.17) is 4.74 Å². The van der Waals surface area contributed by atoms with Crippen molar-refractivity contribution in [3.63, 3.8) is 0 Å². The number of thioether (sulfide) groups is 1. The number of ether oxygens (including phenoxy) is 1. The van der Waals surface area contributed by atoms with E-state index < -0.39 is 10.0 Å². The topological polar surface area (TPSA) is 91.8 Å². The molecule has 0 aromatic rings. The highest BCUT2D eigenvalue weighted by atomic mass is 127. The van der Waals surface area contributed by atoms with Gasteiger partial charge in [-0.15, -0.1) is 24.0 Å². The number of aliphatic imine (C=N–C) groups is 1. The predicted molar refractivity (Wildman–Crippen MR) is 120 cm³/mol. The molecule has 10 heteroatoms. The van der Waals surface area contributed by atoms with Crippen LogP contribution in [0.5, 0.6) is 0 Å². The van der Waals surface area contributed by atoms with Crippen molar-refractivity contribution in [1.82, 2.24) is 15.4 Å². The molecule has 2 atom stereocenters. The molecule has 0 amide bonds. The van der Waals surface area contributed by atoms with E-state index in [9.17, 15) is 8.42 Å². The van der Waals surface area contributed by atoms with Crippen molar-refractivity contribution in [3.8, 4) is 0 Å². The number of halogens is 1. The van der Waals surface area contributed by atoms with Crippen molar-refractivity contribution >= 4 is 51.7 Å². The van der Waals surface area contributed by atoms with Gasteiger partial charge in [-0.3, -0.25) is 4.99 Å². The van der Waals surface area contributed by atoms with Gasteiger partial charge in [0.05, 0.1) is 11.9 Å². The van der Waals surface area contributed by atoms with Crippen molar-refractivity contribution in [2.45, 2.75) is 49.9 Å². The van der Waals surface area contributed by atoms with Crippen molar-refractivity contribution in [3.05, 3.63) is 0 Å². The first-order chi connectivity index (χ1) is 11.9. The molecule has 0 saturated carbocycles. The largest absolute Gasteiger partial charge is 0.377 e. The summed E-state index contributed by atoms with van der Waals surface area (Å²) in [5.41, 5.74) is 0. The molecule has 154 valence electrons. The van der Waals surface area contributed by atoms with Crippen LogP contribution in [-0.2, 0) is 14.8 Å². The molecule has 0 aromatic carbocycles. The Kier molecular flexibility index (Phi) is 11.1. The number of nitrogens with one attached hydrogen (secondary N) is 3. The Labute approximate surface area is 179 Å². The molecule has 0 aromatic heterocycles. The first kappa shape index (κ1) is 24.3. The zero-order valence-corrected chi connectivity index (χ0v) is 19.7. The molecule has 2 aliphatic heterocycles. The van der Waals surface area contributed by atoms with E-state index in [0.717, 1.165) is 32.4 Å². The van der Waals surface area contributed by atoms with E-state index in [1.54, 1.807) is 7.05 Å². The summed E-state index contributed by atoms with van der Waals surface area (Å²) in [7, 11) is -1.61. The van der Waals surface area contributed by atoms with Gasteiger partial charge in [-0.1, -0.05) is 0 Å². The van der Waals surface area contributed by atoms with Crippen LogP contribution < -0.4 is 15.4 Å². The smallest absolute Gasteiger partial charge is 0.213 e. The zero-order chi connectivity index (χ0) is 18.2. The fourth-order valence-electron chi connectivity index (χ4n) is 3.03. The van der Waals surface area contributed by atoms with Crippen LogP contribution in [0.25, 0.3) is 0 Å². The summed E-state index contributed by atoms with van der Waals surface area (Å²) in [6, 6.07) is 0. The molecule has 2 aliphatic rings. The van der Waals surface area contributed by atoms with Gasteiger partial charge >= 0.3 is 0 Å². The van der Waals surface area contributed by atoms with Crippen molar-refractivity contribution < 1.29 is 13.2 Å². The number of rotatable bonds is 8. The summed E-state index contributed by atoms with van der Waals surface area (Å²) in [4.78, 5) is 4.17. The van der Waals surface area contributed by atoms with Crippen LogP contribution in [0, 0.1) is 0 Å². The Morgan fingerprint density at radius 2 is 2.12 bits per heavy atom. The third-order valence-corrected chi connectivity index (χ3v) is 7.51. The van der Waals surface area contributed by atoms with Crippen LogP contribution in [0.3, 0.4) is 0 Å². The minimum absolute atomic E-state index is 0. The lowest BCUT2D eigenvalue weighted by Crippen LogP contribution is -2.45. The first-order valence-electron chi connectivity index (χ1n) is 9.10. The van der Waals surface area contributed by atoms with Crippen LogP contribution in [0.4, 0.5) is 0 Å². The van der Waals surface area contributed by atoms with E-state index >= 15 is 0 Å². The highest BCUT2D eigenvalue weighted by molar-refractivity contribution is 14.0. The van der Waals surface area contributed by atoms with Gasteiger partial charge in [0, 0.05) is 38.0 Å². The summed E-state index contributed by atoms with van der Waals surface area (Å²) < 4.78 is 32.6. The molecule has 26 heavy (non-hydrogen) atoms. The molecule has 0 bridgehead atoms. The number of hydrogen-bond donors (Lipinski definition) is 3. The lowest BCUT2D eigenvalue weighted by molar-refractivity contribution is 0.0200. The van der Waals surface area contributed by atoms with Gasteiger partial charge in [0.15, 0.2) is 5.96 Å². The second-order valence-electron chi connectivity index (χ2n) is 6.91. The van der Waals surface area contributed by atoms with Crippen LogP contribution in [0.15, 0.2) is 4.99 Å². The SMILES string of the molecule is CN=C(NCCS(=O)(=O)NCC1CCCCO1)NCC1(C)CCCS1.I. The van der Waals surface area contributed by atoms with E-state index in [2.05, 4.69) is 27.3 Å². The molecular weight excluding hydrogens is 487 g/mol. The van der Waals surface area contributed by atoms with Gasteiger partial charge in [-0.2, -0.15) is 11.8 Å². The molecule has 0 radical (unpaired) electrons. The van der Waals surface area contributed by atoms with Crippen LogP contribution in [-0.4, -0.2) is 70.0 Å². The molecule has 2 heterocycles. The number of nitrogens with zero attached hydrogens (tertiary/aromatic N) is 1. The quantitative estimate of drug-likeness (QED) is 0.256. The molecule has 2 unspecified atom stereocenters. The molecule has 7 nitrogen and oxygen atoms in total. The van der Waals surface area contributed by atoms with E-state index in [0.29, 0.717) is 19.0 Å². The van der Waals surface area contributed by atoms with Crippen molar-refractivity contribution in [1.29, 1.82) is 0 Å². The standard InChI is InChI=1S/C16H32N4O3S2.HI/c1-16(7-5-10-24-16)13-19-15(17-2)18-8-11-25(21,22)20-12-14-6-3-4-9-23-14;/h14,20H,3-13H2,1-2H3,(H2,17,18,19);1H. The first-order valence-corrected chi connectivity index (χ1v) is 11.7. The number of sulfonamides is 1. The minimum Gasteiger partial charge on any atom is -0.377 e. The maximum Gasteiger partial charge on any atom is 0.213 e. The molecule has 3 N–H and O–H groups in total. The average Bonchev–Trinajstić information content (AvgIpc) is 3.04. The summed E-state index contributed by atoms with van der Waals surface area (Å²) in [6.45, 7) is 4.51. The lowest BCUT2D eigenvalue weighted by atomic mass is 10.1. The Bertz CT molecular complexity index is 534. The highest BCUT2D eigenvalue weighted by Crippen LogP contribution is 2.36. The second-order valence-corrected chi connectivity index (χ2v) is 10.5. The van der Waals surface area contributed by atoms with E-state index in [1.165, 1.54) is 18.6 Å². The monoisotopic (exact) mass is 520 g/mol. The Morgan fingerprint density at radius 3 is 2.73 bits per heavy atom. The van der Waals surface area contributed by atoms with Crippen LogP contribution in [0.1, 0.15) is 39.0 Å². The fraction of sp³-hybridized carbons (Fsp3) is 0.938. The van der Waals surface area contributed by atoms with Gasteiger partial charge in [0.25, 0.3) is 0 Å². The predicted octanol–water partition coefficient (Wildman–Crippen LogP) is 1.54. The Morgan fingerprint density at radius 1 is 1.31 bits per heavy atom. The molecule has 2 rings (SSSR count). The molecular formula is C16H33IN4O3S2. The number of hydrogen-bond acceptors (Lipinski definition) is 5. The summed E-state index contributed by atoms with van der Waals surface area (Å²) >= 11 is 1.98. The fourth-order valence-corrected chi connectivity index (χ4v) is 5.23. The van der Waals surface area contributed by atoms with Gasteiger partial charge in [-0.25, -0.2) is 13.1 Å². The highest BCUT2D eigenvalue weighted by Gasteiger charge is 2.29. The summed E-state index contributed by atoms with van der Waals surface area (Å²) in [5.74, 6) is 1.88. The zero-order valence-electron chi connectivity index (χ0n) is 15.8. The maximum atomic E-state index is 12.1. The molecule has 0 spiro atoms. The third-order valence-electron chi connectivity index (χ3n) is 4.62. The second kappa shape index (κ2) is 11.9. The third kappa shape index (κ3) is 8.94. The Balaban J connectivity index is 0.00000338. The van der Waals surface area contributed by atoms with E-state index in [1.807, 2.05) is 11.8 Å². The van der Waals surface area contributed by atoms with Gasteiger partial charge < -0.3 is 15.4 Å². The average molecular weight is 521 g/mol. The number of guanidine groups is 1. The minimum atomic E-state index is -3.31. The summed E-state index contributed by atoms with van der Waals surface area (Å²) in [5, 5.41) is 6.39. The molecule has 0 aliphatic carbocycles. The normalized spacial score (nSPS) is 27.0. The Hall–Kier alpha value is 0.220.